The number of hydrogen-bond donors (Lipinski definition) is 2. The van der Waals surface area contributed by atoms with Crippen LogP contribution in [0.4, 0.5) is 0 Å². The summed E-state index contributed by atoms with van der Waals surface area (Å²) in [6.45, 7) is 28.0. The number of carbonyl (C=O) groups is 1. The van der Waals surface area contributed by atoms with Crippen LogP contribution in [0.25, 0.3) is 0 Å². The molecular formula is C38H65NO4. The number of aliphatic carboxylic acids is 1. The van der Waals surface area contributed by atoms with Gasteiger partial charge in [0.25, 0.3) is 0 Å². The summed E-state index contributed by atoms with van der Waals surface area (Å²) in [5.74, 6) is 1.77. The molecule has 1 aliphatic heterocycles. The van der Waals surface area contributed by atoms with Crippen molar-refractivity contribution in [2.45, 2.75) is 126 Å². The first-order valence-electron chi connectivity index (χ1n) is 17.7. The average molecular weight is 600 g/mol. The maximum absolute atomic E-state index is 13.3. The Morgan fingerprint density at radius 2 is 1.77 bits per heavy atom. The number of allylic oxidation sites excluding steroid dienone is 1. The molecule has 2 N–H and O–H groups in total. The monoisotopic (exact) mass is 599 g/mol. The molecule has 12 atom stereocenters. The summed E-state index contributed by atoms with van der Waals surface area (Å²) in [5, 5.41) is 14.5. The van der Waals surface area contributed by atoms with Gasteiger partial charge >= 0.3 is 5.97 Å². The molecule has 0 spiro atoms. The molecule has 5 nitrogen and oxygen atoms in total. The third kappa shape index (κ3) is 4.50. The van der Waals surface area contributed by atoms with Crippen molar-refractivity contribution in [1.29, 1.82) is 0 Å². The summed E-state index contributed by atoms with van der Waals surface area (Å²) >= 11 is 0. The fraction of sp³-hybridized carbons (Fsp3) is 0.921. The molecular weight excluding hydrogens is 534 g/mol. The Morgan fingerprint density at radius 3 is 2.35 bits per heavy atom. The molecule has 0 aromatic heterocycles. The molecule has 43 heavy (non-hydrogen) atoms. The topological polar surface area (TPSA) is 67.8 Å². The lowest BCUT2D eigenvalue weighted by Crippen LogP contribution is -2.69. The van der Waals surface area contributed by atoms with Gasteiger partial charge in [-0.3, -0.25) is 4.79 Å². The smallest absolute Gasteiger partial charge is 0.307 e. The van der Waals surface area contributed by atoms with Gasteiger partial charge in [0.1, 0.15) is 0 Å². The van der Waals surface area contributed by atoms with Crippen molar-refractivity contribution in [3.8, 4) is 0 Å². The summed E-state index contributed by atoms with van der Waals surface area (Å²) in [6.07, 6.45) is 9.16. The van der Waals surface area contributed by atoms with Crippen LogP contribution >= 0.6 is 0 Å². The molecule has 1 saturated heterocycles. The third-order valence-electron chi connectivity index (χ3n) is 15.8. The molecule has 2 bridgehead atoms. The van der Waals surface area contributed by atoms with Crippen molar-refractivity contribution < 1.29 is 19.4 Å². The molecule has 246 valence electrons. The first-order valence-corrected chi connectivity index (χ1v) is 17.7. The first-order chi connectivity index (χ1) is 19.9. The Labute approximate surface area is 263 Å². The predicted octanol–water partition coefficient (Wildman–Crippen LogP) is 8.23. The van der Waals surface area contributed by atoms with E-state index in [0.717, 1.165) is 45.3 Å². The van der Waals surface area contributed by atoms with Crippen LogP contribution in [0.3, 0.4) is 0 Å². The Bertz CT molecular complexity index is 1120. The zero-order valence-corrected chi connectivity index (χ0v) is 29.7. The standard InChI is InChI=1S/C38H65NO4/c1-23(2)26(6)33(7)17-18-35(9)27-13-14-29-34(8)20-42-22-38(29,28(27)15-16-36(35,10)30(33)32(40)41)19-25(5)31(34)43-21-37(11,39-12)24(3)4/h15,23-27,29-31,39H,13-14,16-22H2,1-12H3,(H,40,41)/t25-,26-,27+,29+,30-,31+,33-,34+,35-,36+,37-,38+/m1/s1. The number of ether oxygens (including phenoxy) is 2. The Kier molecular flexibility index (Phi) is 8.43. The van der Waals surface area contributed by atoms with Gasteiger partial charge in [0.15, 0.2) is 0 Å². The van der Waals surface area contributed by atoms with Gasteiger partial charge in [-0.25, -0.2) is 0 Å². The van der Waals surface area contributed by atoms with Gasteiger partial charge in [0, 0.05) is 16.4 Å². The molecule has 1 heterocycles. The van der Waals surface area contributed by atoms with E-state index in [0.29, 0.717) is 42.1 Å². The molecule has 3 saturated carbocycles. The zero-order valence-electron chi connectivity index (χ0n) is 29.7. The van der Waals surface area contributed by atoms with Crippen molar-refractivity contribution in [3.63, 3.8) is 0 Å². The lowest BCUT2D eigenvalue weighted by Gasteiger charge is -2.71. The van der Waals surface area contributed by atoms with Gasteiger partial charge in [-0.1, -0.05) is 80.9 Å². The number of rotatable bonds is 8. The van der Waals surface area contributed by atoms with Crippen molar-refractivity contribution >= 4 is 5.97 Å². The fourth-order valence-corrected chi connectivity index (χ4v) is 12.2. The van der Waals surface area contributed by atoms with E-state index in [9.17, 15) is 9.90 Å². The van der Waals surface area contributed by atoms with Crippen molar-refractivity contribution in [2.75, 3.05) is 26.9 Å². The zero-order chi connectivity index (χ0) is 32.0. The second-order valence-corrected chi connectivity index (χ2v) is 18.1. The number of nitrogens with one attached hydrogen (secondary N) is 1. The second kappa shape index (κ2) is 10.8. The largest absolute Gasteiger partial charge is 0.481 e. The number of hydrogen-bond acceptors (Lipinski definition) is 4. The molecule has 0 radical (unpaired) electrons. The summed E-state index contributed by atoms with van der Waals surface area (Å²) in [7, 11) is 2.06. The van der Waals surface area contributed by atoms with Crippen LogP contribution in [0.5, 0.6) is 0 Å². The van der Waals surface area contributed by atoms with Crippen LogP contribution in [-0.2, 0) is 14.3 Å². The van der Waals surface area contributed by atoms with E-state index in [2.05, 4.69) is 94.6 Å². The van der Waals surface area contributed by atoms with Crippen LogP contribution in [-0.4, -0.2) is 49.6 Å². The Balaban J connectivity index is 1.52. The minimum atomic E-state index is -0.582. The van der Waals surface area contributed by atoms with Crippen molar-refractivity contribution in [1.82, 2.24) is 5.32 Å². The fourth-order valence-electron chi connectivity index (χ4n) is 12.2. The molecule has 5 heteroatoms. The minimum Gasteiger partial charge on any atom is -0.481 e. The van der Waals surface area contributed by atoms with Crippen LogP contribution < -0.4 is 5.32 Å². The molecule has 5 aliphatic rings. The van der Waals surface area contributed by atoms with E-state index in [1.165, 1.54) is 6.42 Å². The Morgan fingerprint density at radius 1 is 1.09 bits per heavy atom. The molecule has 0 aromatic carbocycles. The van der Waals surface area contributed by atoms with Crippen LogP contribution in [0.1, 0.15) is 115 Å². The van der Waals surface area contributed by atoms with Crippen molar-refractivity contribution in [2.24, 2.45) is 68.5 Å². The van der Waals surface area contributed by atoms with E-state index in [1.54, 1.807) is 5.57 Å². The number of carboxylic acids is 1. The van der Waals surface area contributed by atoms with E-state index in [-0.39, 0.29) is 44.6 Å². The minimum absolute atomic E-state index is 0.0313. The highest BCUT2D eigenvalue weighted by molar-refractivity contribution is 5.73. The van der Waals surface area contributed by atoms with Gasteiger partial charge in [-0.15, -0.1) is 0 Å². The SMILES string of the molecule is CN[C@](C)(CO[C@H]1[C@H](C)C[C@@]23COC[C@@]1(C)[C@@H]2CC[C@H]1C3=CC[C@@]2(C)[C@H](C(=O)O)[C@@](C)([C@H](C)C(C)C)CC[C@]12C)C(C)C. The van der Waals surface area contributed by atoms with Gasteiger partial charge in [-0.2, -0.15) is 0 Å². The van der Waals surface area contributed by atoms with Gasteiger partial charge in [0.2, 0.25) is 0 Å². The van der Waals surface area contributed by atoms with Gasteiger partial charge in [-0.05, 0) is 104 Å². The lowest BCUT2D eigenvalue weighted by molar-refractivity contribution is -0.253. The van der Waals surface area contributed by atoms with E-state index < -0.39 is 5.97 Å². The van der Waals surface area contributed by atoms with Crippen LogP contribution in [0, 0.1) is 68.5 Å². The van der Waals surface area contributed by atoms with Crippen LogP contribution in [0.2, 0.25) is 0 Å². The molecule has 0 unspecified atom stereocenters. The summed E-state index contributed by atoms with van der Waals surface area (Å²) in [6, 6.07) is 0. The average Bonchev–Trinajstić information content (AvgIpc) is 2.92. The number of likely N-dealkylation sites (N-methyl/N-ethyl adjacent to an activating group) is 1. The number of carboxylic acid groups (broad SMARTS) is 1. The Hall–Kier alpha value is -0.910. The summed E-state index contributed by atoms with van der Waals surface area (Å²) < 4.78 is 13.6. The highest BCUT2D eigenvalue weighted by Gasteiger charge is 2.71. The quantitative estimate of drug-likeness (QED) is 0.275. The van der Waals surface area contributed by atoms with E-state index in [1.807, 2.05) is 0 Å². The first kappa shape index (κ1) is 33.5. The predicted molar refractivity (Wildman–Crippen MR) is 175 cm³/mol. The number of fused-ring (bicyclic) bond motifs is 3. The maximum atomic E-state index is 13.3. The van der Waals surface area contributed by atoms with E-state index >= 15 is 0 Å². The molecule has 4 aliphatic carbocycles. The summed E-state index contributed by atoms with van der Waals surface area (Å²) in [5.41, 5.74) is 1.06. The normalized spacial score (nSPS) is 48.0. The molecule has 0 aromatic rings. The third-order valence-corrected chi connectivity index (χ3v) is 15.8. The van der Waals surface area contributed by atoms with Gasteiger partial charge < -0.3 is 19.9 Å². The highest BCUT2D eigenvalue weighted by Crippen LogP contribution is 2.75. The second-order valence-electron chi connectivity index (χ2n) is 18.1. The van der Waals surface area contributed by atoms with Gasteiger partial charge in [0.05, 0.1) is 31.8 Å². The lowest BCUT2D eigenvalue weighted by atomic mass is 9.34. The molecule has 4 fully saturated rings. The molecule has 5 rings (SSSR count). The molecule has 0 amide bonds. The summed E-state index contributed by atoms with van der Waals surface area (Å²) in [4.78, 5) is 13.3. The van der Waals surface area contributed by atoms with Crippen molar-refractivity contribution in [3.05, 3.63) is 11.6 Å². The van der Waals surface area contributed by atoms with E-state index in [4.69, 9.17) is 9.47 Å². The van der Waals surface area contributed by atoms with Crippen LogP contribution in [0.15, 0.2) is 11.6 Å². The highest BCUT2D eigenvalue weighted by atomic mass is 16.5. The maximum Gasteiger partial charge on any atom is 0.307 e.